The third-order valence-corrected chi connectivity index (χ3v) is 3.66. The molecule has 0 aliphatic rings. The van der Waals surface area contributed by atoms with Crippen LogP contribution in [0.3, 0.4) is 0 Å². The van der Waals surface area contributed by atoms with Crippen LogP contribution in [0.2, 0.25) is 0 Å². The fourth-order valence-electron chi connectivity index (χ4n) is 2.55. The molecule has 110 valence electrons. The maximum atomic E-state index is 12.3. The fourth-order valence-corrected chi connectivity index (χ4v) is 2.55. The molecule has 0 radical (unpaired) electrons. The highest BCUT2D eigenvalue weighted by molar-refractivity contribution is 5.90. The summed E-state index contributed by atoms with van der Waals surface area (Å²) in [6.45, 7) is 7.46. The predicted octanol–water partition coefficient (Wildman–Crippen LogP) is 3.28. The largest absolute Gasteiger partial charge is 0.478 e. The Labute approximate surface area is 123 Å². The summed E-state index contributed by atoms with van der Waals surface area (Å²) in [5, 5.41) is 9.34. The molecule has 0 fully saturated rings. The summed E-state index contributed by atoms with van der Waals surface area (Å²) in [6, 6.07) is 9.01. The van der Waals surface area contributed by atoms with Crippen molar-refractivity contribution in [3.63, 3.8) is 0 Å². The van der Waals surface area contributed by atoms with Crippen molar-refractivity contribution in [2.75, 3.05) is 0 Å². The first-order valence-electron chi connectivity index (χ1n) is 6.89. The molecule has 2 rings (SSSR count). The minimum atomic E-state index is -1.02. The lowest BCUT2D eigenvalue weighted by molar-refractivity contribution is 0.0694. The number of carboxylic acids is 1. The molecule has 1 aromatic heterocycles. The Morgan fingerprint density at radius 2 is 1.86 bits per heavy atom. The molecular weight excluding hydrogens is 266 g/mol. The molecule has 1 heterocycles. The van der Waals surface area contributed by atoms with Gasteiger partial charge >= 0.3 is 5.97 Å². The number of aromatic nitrogens is 1. The quantitative estimate of drug-likeness (QED) is 0.941. The SMILES string of the molecule is Cc1cc(=O)n(-c2cccc(C(C)C)c2)c(C)c1C(=O)O. The second-order valence-electron chi connectivity index (χ2n) is 5.52. The van der Waals surface area contributed by atoms with Crippen molar-refractivity contribution in [3.05, 3.63) is 63.1 Å². The third kappa shape index (κ3) is 2.75. The van der Waals surface area contributed by atoms with Gasteiger partial charge in [-0.1, -0.05) is 26.0 Å². The molecule has 1 aromatic carbocycles. The van der Waals surface area contributed by atoms with E-state index in [4.69, 9.17) is 0 Å². The molecule has 0 spiro atoms. The van der Waals surface area contributed by atoms with Crippen molar-refractivity contribution in [3.8, 4) is 5.69 Å². The minimum absolute atomic E-state index is 0.185. The number of benzene rings is 1. The van der Waals surface area contributed by atoms with Gasteiger partial charge in [0, 0.05) is 17.4 Å². The summed E-state index contributed by atoms with van der Waals surface area (Å²) < 4.78 is 1.46. The first kappa shape index (κ1) is 15.0. The normalized spacial score (nSPS) is 10.9. The molecule has 0 unspecified atom stereocenters. The monoisotopic (exact) mass is 285 g/mol. The van der Waals surface area contributed by atoms with Gasteiger partial charge in [-0.05, 0) is 43.0 Å². The number of carboxylic acid groups (broad SMARTS) is 1. The zero-order chi connectivity index (χ0) is 15.7. The number of hydrogen-bond acceptors (Lipinski definition) is 2. The molecule has 0 saturated carbocycles. The molecule has 4 nitrogen and oxygen atoms in total. The maximum Gasteiger partial charge on any atom is 0.337 e. The highest BCUT2D eigenvalue weighted by atomic mass is 16.4. The topological polar surface area (TPSA) is 59.3 Å². The Morgan fingerprint density at radius 1 is 1.19 bits per heavy atom. The smallest absolute Gasteiger partial charge is 0.337 e. The van der Waals surface area contributed by atoms with E-state index in [1.807, 2.05) is 24.3 Å². The number of aryl methyl sites for hydroxylation is 1. The molecule has 0 aliphatic carbocycles. The van der Waals surface area contributed by atoms with Crippen LogP contribution in [0, 0.1) is 13.8 Å². The molecular formula is C17H19NO3. The lowest BCUT2D eigenvalue weighted by Gasteiger charge is -2.15. The van der Waals surface area contributed by atoms with Crippen molar-refractivity contribution in [1.29, 1.82) is 0 Å². The van der Waals surface area contributed by atoms with Gasteiger partial charge in [0.25, 0.3) is 5.56 Å². The lowest BCUT2D eigenvalue weighted by atomic mass is 10.0. The highest BCUT2D eigenvalue weighted by Gasteiger charge is 2.17. The van der Waals surface area contributed by atoms with E-state index in [9.17, 15) is 14.7 Å². The van der Waals surface area contributed by atoms with E-state index in [2.05, 4.69) is 13.8 Å². The Balaban J connectivity index is 2.75. The standard InChI is InChI=1S/C17H19NO3/c1-10(2)13-6-5-7-14(9-13)18-12(4)16(17(20)21)11(3)8-15(18)19/h5-10H,1-4H3,(H,20,21). The van der Waals surface area contributed by atoms with Gasteiger partial charge in [0.05, 0.1) is 5.56 Å². The van der Waals surface area contributed by atoms with E-state index < -0.39 is 5.97 Å². The predicted molar refractivity (Wildman–Crippen MR) is 82.6 cm³/mol. The second kappa shape index (κ2) is 5.56. The molecule has 21 heavy (non-hydrogen) atoms. The van der Waals surface area contributed by atoms with Gasteiger partial charge in [0.2, 0.25) is 0 Å². The number of aromatic carboxylic acids is 1. The zero-order valence-corrected chi connectivity index (χ0v) is 12.7. The summed E-state index contributed by atoms with van der Waals surface area (Å²) in [7, 11) is 0. The van der Waals surface area contributed by atoms with Crippen LogP contribution in [-0.4, -0.2) is 15.6 Å². The van der Waals surface area contributed by atoms with Crippen molar-refractivity contribution in [2.45, 2.75) is 33.6 Å². The highest BCUT2D eigenvalue weighted by Crippen LogP contribution is 2.20. The Hall–Kier alpha value is -2.36. The van der Waals surface area contributed by atoms with Crippen LogP contribution >= 0.6 is 0 Å². The van der Waals surface area contributed by atoms with Crippen molar-refractivity contribution >= 4 is 5.97 Å². The summed E-state index contributed by atoms with van der Waals surface area (Å²) in [5.41, 5.74) is 2.72. The van der Waals surface area contributed by atoms with Crippen molar-refractivity contribution < 1.29 is 9.90 Å². The van der Waals surface area contributed by atoms with Gasteiger partial charge in [-0.25, -0.2) is 4.79 Å². The lowest BCUT2D eigenvalue weighted by Crippen LogP contribution is -2.24. The van der Waals surface area contributed by atoms with Gasteiger partial charge < -0.3 is 5.11 Å². The van der Waals surface area contributed by atoms with Crippen LogP contribution < -0.4 is 5.56 Å². The van der Waals surface area contributed by atoms with E-state index in [0.717, 1.165) is 5.56 Å². The first-order chi connectivity index (χ1) is 9.82. The number of rotatable bonds is 3. The van der Waals surface area contributed by atoms with Crippen LogP contribution in [0.4, 0.5) is 0 Å². The van der Waals surface area contributed by atoms with E-state index in [1.54, 1.807) is 13.8 Å². The molecule has 1 N–H and O–H groups in total. The van der Waals surface area contributed by atoms with Crippen molar-refractivity contribution in [1.82, 2.24) is 4.57 Å². The van der Waals surface area contributed by atoms with Gasteiger partial charge in [-0.3, -0.25) is 9.36 Å². The van der Waals surface area contributed by atoms with Crippen LogP contribution in [0.15, 0.2) is 35.1 Å². The molecule has 0 bridgehead atoms. The average Bonchev–Trinajstić information content (AvgIpc) is 2.37. The van der Waals surface area contributed by atoms with Crippen LogP contribution in [-0.2, 0) is 0 Å². The van der Waals surface area contributed by atoms with E-state index in [1.165, 1.54) is 10.6 Å². The number of pyridine rings is 1. The molecule has 0 saturated heterocycles. The summed E-state index contributed by atoms with van der Waals surface area (Å²) in [4.78, 5) is 23.7. The average molecular weight is 285 g/mol. The Morgan fingerprint density at radius 3 is 2.43 bits per heavy atom. The van der Waals surface area contributed by atoms with Gasteiger partial charge in [0.1, 0.15) is 0 Å². The third-order valence-electron chi connectivity index (χ3n) is 3.66. The second-order valence-corrected chi connectivity index (χ2v) is 5.52. The number of nitrogens with zero attached hydrogens (tertiary/aromatic N) is 1. The van der Waals surface area contributed by atoms with Crippen LogP contribution in [0.1, 0.15) is 46.9 Å². The molecule has 0 amide bonds. The molecule has 2 aromatic rings. The maximum absolute atomic E-state index is 12.3. The van der Waals surface area contributed by atoms with Gasteiger partial charge in [-0.15, -0.1) is 0 Å². The Bertz CT molecular complexity index is 757. The van der Waals surface area contributed by atoms with E-state index in [0.29, 0.717) is 22.9 Å². The zero-order valence-electron chi connectivity index (χ0n) is 12.7. The Kier molecular flexibility index (Phi) is 3.98. The van der Waals surface area contributed by atoms with Crippen LogP contribution in [0.5, 0.6) is 0 Å². The fraction of sp³-hybridized carbons (Fsp3) is 0.294. The minimum Gasteiger partial charge on any atom is -0.478 e. The number of carbonyl (C=O) groups is 1. The summed E-state index contributed by atoms with van der Waals surface area (Å²) >= 11 is 0. The van der Waals surface area contributed by atoms with E-state index in [-0.39, 0.29) is 11.1 Å². The summed E-state index contributed by atoms with van der Waals surface area (Å²) in [5.74, 6) is -0.677. The summed E-state index contributed by atoms with van der Waals surface area (Å²) in [6.07, 6.45) is 0. The first-order valence-corrected chi connectivity index (χ1v) is 6.89. The van der Waals surface area contributed by atoms with Gasteiger partial charge in [-0.2, -0.15) is 0 Å². The van der Waals surface area contributed by atoms with Crippen molar-refractivity contribution in [2.24, 2.45) is 0 Å². The molecule has 0 aliphatic heterocycles. The van der Waals surface area contributed by atoms with Gasteiger partial charge in [0.15, 0.2) is 0 Å². The molecule has 0 atom stereocenters. The molecule has 4 heteroatoms. The van der Waals surface area contributed by atoms with Crippen LogP contribution in [0.25, 0.3) is 5.69 Å². The van der Waals surface area contributed by atoms with E-state index >= 15 is 0 Å². The number of hydrogen-bond donors (Lipinski definition) is 1.